The molecule has 3 rings (SSSR count). The molecule has 1 aliphatic carbocycles. The Morgan fingerprint density at radius 2 is 2.00 bits per heavy atom. The van der Waals surface area contributed by atoms with E-state index in [1.165, 1.54) is 24.1 Å². The highest BCUT2D eigenvalue weighted by molar-refractivity contribution is 6.45. The molecule has 1 saturated heterocycles. The Morgan fingerprint density at radius 1 is 1.29 bits per heavy atom. The number of allylic oxidation sites excluding steroid dienone is 1. The van der Waals surface area contributed by atoms with Gasteiger partial charge in [0.15, 0.2) is 0 Å². The van der Waals surface area contributed by atoms with Crippen LogP contribution in [0.4, 0.5) is 4.39 Å². The first kappa shape index (κ1) is 13.5. The number of nitrogens with zero attached hydrogens (tertiary/aromatic N) is 1. The van der Waals surface area contributed by atoms with Crippen molar-refractivity contribution in [3.63, 3.8) is 0 Å². The molecule has 1 amide bonds. The maximum absolute atomic E-state index is 12.9. The molecule has 5 heteroatoms. The van der Waals surface area contributed by atoms with Crippen LogP contribution in [0.5, 0.6) is 0 Å². The molecular weight excluding hydrogens is 273 g/mol. The van der Waals surface area contributed by atoms with E-state index in [9.17, 15) is 14.0 Å². The number of Topliss-reactive ketones (excluding diaryl/α,β-unsaturated/α-hetero) is 1. The van der Waals surface area contributed by atoms with Crippen LogP contribution in [0.25, 0.3) is 0 Å². The first-order valence-electron chi connectivity index (χ1n) is 6.65. The first-order chi connectivity index (χ1) is 10.1. The standard InChI is InChI=1S/C16H14FNO3/c1-21-12-6-7-14-13(8-12)15(19)16(20)18(14)9-10-2-4-11(17)5-3-10/h2-6,8,14H,7,9H2,1H3. The lowest BCUT2D eigenvalue weighted by molar-refractivity contribution is -0.140. The minimum Gasteiger partial charge on any atom is -0.497 e. The van der Waals surface area contributed by atoms with Crippen molar-refractivity contribution >= 4 is 11.7 Å². The Hall–Kier alpha value is -2.43. The van der Waals surface area contributed by atoms with Crippen molar-refractivity contribution in [1.82, 2.24) is 4.90 Å². The number of halogens is 1. The first-order valence-corrected chi connectivity index (χ1v) is 6.65. The average Bonchev–Trinajstić information content (AvgIpc) is 2.74. The van der Waals surface area contributed by atoms with Crippen LogP contribution in [0.3, 0.4) is 0 Å². The topological polar surface area (TPSA) is 46.6 Å². The normalized spacial score (nSPS) is 21.0. The van der Waals surface area contributed by atoms with E-state index in [4.69, 9.17) is 4.74 Å². The fraction of sp³-hybridized carbons (Fsp3) is 0.250. The molecule has 0 bridgehead atoms. The van der Waals surface area contributed by atoms with Crippen LogP contribution in [-0.2, 0) is 20.9 Å². The molecule has 21 heavy (non-hydrogen) atoms. The number of rotatable bonds is 3. The van der Waals surface area contributed by atoms with Crippen molar-refractivity contribution in [1.29, 1.82) is 0 Å². The SMILES string of the molecule is COC1=CCC2C(=C1)C(=O)C(=O)N2Cc1ccc(F)cc1. The highest BCUT2D eigenvalue weighted by atomic mass is 19.1. The van der Waals surface area contributed by atoms with Crippen molar-refractivity contribution in [2.75, 3.05) is 7.11 Å². The maximum atomic E-state index is 12.9. The zero-order chi connectivity index (χ0) is 15.0. The highest BCUT2D eigenvalue weighted by Crippen LogP contribution is 2.31. The Balaban J connectivity index is 1.86. The van der Waals surface area contributed by atoms with E-state index >= 15 is 0 Å². The number of fused-ring (bicyclic) bond motifs is 1. The molecule has 0 saturated carbocycles. The van der Waals surface area contributed by atoms with Gasteiger partial charge in [-0.05, 0) is 36.3 Å². The van der Waals surface area contributed by atoms with Gasteiger partial charge < -0.3 is 9.64 Å². The molecule has 0 spiro atoms. The summed E-state index contributed by atoms with van der Waals surface area (Å²) in [7, 11) is 1.53. The molecule has 2 aliphatic rings. The Kier molecular flexibility index (Phi) is 3.33. The minimum absolute atomic E-state index is 0.256. The number of carbonyl (C=O) groups excluding carboxylic acids is 2. The quantitative estimate of drug-likeness (QED) is 0.798. The van der Waals surface area contributed by atoms with Crippen LogP contribution in [0.1, 0.15) is 12.0 Å². The van der Waals surface area contributed by atoms with Crippen LogP contribution < -0.4 is 0 Å². The number of carbonyl (C=O) groups is 2. The third-order valence-corrected chi connectivity index (χ3v) is 3.79. The molecular formula is C16H14FNO3. The average molecular weight is 287 g/mol. The van der Waals surface area contributed by atoms with Crippen LogP contribution in [0.2, 0.25) is 0 Å². The van der Waals surface area contributed by atoms with Crippen LogP contribution in [0.15, 0.2) is 47.7 Å². The van der Waals surface area contributed by atoms with Gasteiger partial charge in [0, 0.05) is 12.1 Å². The van der Waals surface area contributed by atoms with Crippen molar-refractivity contribution in [3.8, 4) is 0 Å². The number of benzene rings is 1. The molecule has 1 aromatic rings. The molecule has 1 heterocycles. The van der Waals surface area contributed by atoms with Crippen LogP contribution >= 0.6 is 0 Å². The van der Waals surface area contributed by atoms with Gasteiger partial charge in [-0.25, -0.2) is 4.39 Å². The van der Waals surface area contributed by atoms with Crippen LogP contribution in [0, 0.1) is 5.82 Å². The maximum Gasteiger partial charge on any atom is 0.295 e. The molecule has 108 valence electrons. The number of methoxy groups -OCH3 is 1. The Morgan fingerprint density at radius 3 is 2.67 bits per heavy atom. The van der Waals surface area contributed by atoms with Gasteiger partial charge in [-0.2, -0.15) is 0 Å². The molecule has 4 nitrogen and oxygen atoms in total. The molecule has 0 radical (unpaired) electrons. The largest absolute Gasteiger partial charge is 0.497 e. The smallest absolute Gasteiger partial charge is 0.295 e. The Bertz CT molecular complexity index is 661. The number of ether oxygens (including phenoxy) is 1. The van der Waals surface area contributed by atoms with Crippen LogP contribution in [-0.4, -0.2) is 29.7 Å². The number of likely N-dealkylation sites (tertiary alicyclic amines) is 1. The van der Waals surface area contributed by atoms with E-state index in [0.717, 1.165) is 5.56 Å². The molecule has 1 unspecified atom stereocenters. The summed E-state index contributed by atoms with van der Waals surface area (Å²) in [4.78, 5) is 25.7. The number of hydrogen-bond donors (Lipinski definition) is 0. The van der Waals surface area contributed by atoms with Crippen molar-refractivity contribution in [2.45, 2.75) is 19.0 Å². The molecule has 1 fully saturated rings. The summed E-state index contributed by atoms with van der Waals surface area (Å²) < 4.78 is 18.0. The van der Waals surface area contributed by atoms with Gasteiger partial charge in [-0.1, -0.05) is 12.1 Å². The lowest BCUT2D eigenvalue weighted by Crippen LogP contribution is -2.33. The van der Waals surface area contributed by atoms with E-state index in [1.807, 2.05) is 6.08 Å². The van der Waals surface area contributed by atoms with Gasteiger partial charge in [0.2, 0.25) is 5.78 Å². The van der Waals surface area contributed by atoms with Gasteiger partial charge in [0.1, 0.15) is 11.6 Å². The second-order valence-electron chi connectivity index (χ2n) is 5.05. The van der Waals surface area contributed by atoms with E-state index in [-0.39, 0.29) is 11.9 Å². The summed E-state index contributed by atoms with van der Waals surface area (Å²) in [5, 5.41) is 0. The zero-order valence-electron chi connectivity index (χ0n) is 11.5. The number of ketones is 1. The summed E-state index contributed by atoms with van der Waals surface area (Å²) >= 11 is 0. The van der Waals surface area contributed by atoms with Crippen molar-refractivity contribution in [2.24, 2.45) is 0 Å². The molecule has 0 N–H and O–H groups in total. The van der Waals surface area contributed by atoms with Crippen molar-refractivity contribution in [3.05, 3.63) is 59.1 Å². The fourth-order valence-corrected chi connectivity index (χ4v) is 2.68. The monoisotopic (exact) mass is 287 g/mol. The minimum atomic E-state index is -0.513. The molecule has 1 atom stereocenters. The molecule has 1 aliphatic heterocycles. The third kappa shape index (κ3) is 2.35. The van der Waals surface area contributed by atoms with Crippen molar-refractivity contribution < 1.29 is 18.7 Å². The lowest BCUT2D eigenvalue weighted by Gasteiger charge is -2.25. The van der Waals surface area contributed by atoms with E-state index in [0.29, 0.717) is 24.3 Å². The van der Waals surface area contributed by atoms with Gasteiger partial charge in [-0.15, -0.1) is 0 Å². The van der Waals surface area contributed by atoms with Gasteiger partial charge in [0.05, 0.1) is 13.2 Å². The summed E-state index contributed by atoms with van der Waals surface area (Å²) in [6.45, 7) is 0.295. The van der Waals surface area contributed by atoms with Gasteiger partial charge in [0.25, 0.3) is 5.91 Å². The second-order valence-corrected chi connectivity index (χ2v) is 5.05. The zero-order valence-corrected chi connectivity index (χ0v) is 11.5. The van der Waals surface area contributed by atoms with E-state index in [1.54, 1.807) is 18.2 Å². The predicted molar refractivity (Wildman–Crippen MR) is 73.5 cm³/mol. The summed E-state index contributed by atoms with van der Waals surface area (Å²) in [6, 6.07) is 5.67. The molecule has 0 aromatic heterocycles. The van der Waals surface area contributed by atoms with Gasteiger partial charge >= 0.3 is 0 Å². The Labute approximate surface area is 121 Å². The highest BCUT2D eigenvalue weighted by Gasteiger charge is 2.43. The lowest BCUT2D eigenvalue weighted by atomic mass is 9.98. The van der Waals surface area contributed by atoms with Gasteiger partial charge in [-0.3, -0.25) is 9.59 Å². The van der Waals surface area contributed by atoms with E-state index < -0.39 is 11.7 Å². The predicted octanol–water partition coefficient (Wildman–Crippen LogP) is 1.97. The summed E-state index contributed by atoms with van der Waals surface area (Å²) in [5.74, 6) is -0.717. The second kappa shape index (κ2) is 5.16. The number of hydrogen-bond acceptors (Lipinski definition) is 3. The fourth-order valence-electron chi connectivity index (χ4n) is 2.68. The third-order valence-electron chi connectivity index (χ3n) is 3.79. The number of amides is 1. The summed E-state index contributed by atoms with van der Waals surface area (Å²) in [6.07, 6.45) is 4.03. The molecule has 1 aromatic carbocycles. The van der Waals surface area contributed by atoms with E-state index in [2.05, 4.69) is 0 Å². The summed E-state index contributed by atoms with van der Waals surface area (Å²) in [5.41, 5.74) is 1.27.